The van der Waals surface area contributed by atoms with Crippen molar-refractivity contribution in [3.8, 4) is 0 Å². The number of aryl methyl sites for hydroxylation is 1. The van der Waals surface area contributed by atoms with E-state index in [9.17, 15) is 0 Å². The Labute approximate surface area is 137 Å². The Bertz CT molecular complexity index is 365. The summed E-state index contributed by atoms with van der Waals surface area (Å²) in [5.41, 5.74) is 0. The Morgan fingerprint density at radius 1 is 1.37 bits per heavy atom. The van der Waals surface area contributed by atoms with Gasteiger partial charge in [0, 0.05) is 37.1 Å². The summed E-state index contributed by atoms with van der Waals surface area (Å²) >= 11 is 1.76. The lowest BCUT2D eigenvalue weighted by Gasteiger charge is -2.10. The number of rotatable bonds is 7. The van der Waals surface area contributed by atoms with E-state index in [-0.39, 0.29) is 24.0 Å². The third-order valence-electron chi connectivity index (χ3n) is 2.43. The monoisotopic (exact) mass is 396 g/mol. The molecule has 0 aromatic carbocycles. The van der Waals surface area contributed by atoms with Gasteiger partial charge in [-0.15, -0.1) is 35.3 Å². The Kier molecular flexibility index (Phi) is 11.2. The van der Waals surface area contributed by atoms with Crippen molar-refractivity contribution < 1.29 is 0 Å². The lowest BCUT2D eigenvalue weighted by molar-refractivity contribution is 0.766. The number of aliphatic imine (C=N–C) groups is 1. The second kappa shape index (κ2) is 11.5. The van der Waals surface area contributed by atoms with Crippen LogP contribution in [0.5, 0.6) is 0 Å². The number of hydrogen-bond donors (Lipinski definition) is 2. The Hall–Kier alpha value is -0.370. The average molecular weight is 396 g/mol. The van der Waals surface area contributed by atoms with Gasteiger partial charge in [0.25, 0.3) is 0 Å². The Morgan fingerprint density at radius 3 is 2.74 bits per heavy atom. The van der Waals surface area contributed by atoms with Crippen LogP contribution in [0.25, 0.3) is 0 Å². The van der Waals surface area contributed by atoms with Crippen LogP contribution < -0.4 is 10.6 Å². The summed E-state index contributed by atoms with van der Waals surface area (Å²) < 4.78 is 0. The van der Waals surface area contributed by atoms with Crippen molar-refractivity contribution >= 4 is 41.3 Å². The molecule has 0 aliphatic carbocycles. The number of hydrogen-bond acceptors (Lipinski definition) is 3. The zero-order valence-corrected chi connectivity index (χ0v) is 15.2. The van der Waals surface area contributed by atoms with Gasteiger partial charge in [-0.2, -0.15) is 0 Å². The predicted molar refractivity (Wildman–Crippen MR) is 94.9 cm³/mol. The van der Waals surface area contributed by atoms with Gasteiger partial charge in [0.2, 0.25) is 0 Å². The molecular formula is C13H25IN4S. The molecule has 0 radical (unpaired) electrons. The minimum Gasteiger partial charge on any atom is -0.357 e. The lowest BCUT2D eigenvalue weighted by atomic mass is 10.3. The van der Waals surface area contributed by atoms with Gasteiger partial charge in [0.15, 0.2) is 5.96 Å². The SMILES string of the molecule is CCCCN=C(NCC)NCCc1ncc(C)s1.I. The van der Waals surface area contributed by atoms with E-state index >= 15 is 0 Å². The van der Waals surface area contributed by atoms with Crippen molar-refractivity contribution in [1.82, 2.24) is 15.6 Å². The maximum atomic E-state index is 4.52. The van der Waals surface area contributed by atoms with Crippen molar-refractivity contribution in [2.45, 2.75) is 40.0 Å². The second-order valence-electron chi connectivity index (χ2n) is 4.16. The van der Waals surface area contributed by atoms with E-state index in [1.165, 1.54) is 16.3 Å². The molecule has 4 nitrogen and oxygen atoms in total. The van der Waals surface area contributed by atoms with Gasteiger partial charge in [-0.25, -0.2) is 4.98 Å². The molecule has 0 fully saturated rings. The van der Waals surface area contributed by atoms with Crippen LogP contribution in [0.4, 0.5) is 0 Å². The first-order valence-corrected chi connectivity index (χ1v) is 7.51. The van der Waals surface area contributed by atoms with Crippen molar-refractivity contribution in [2.75, 3.05) is 19.6 Å². The molecule has 0 amide bonds. The predicted octanol–water partition coefficient (Wildman–Crippen LogP) is 2.97. The molecule has 2 N–H and O–H groups in total. The molecule has 0 bridgehead atoms. The van der Waals surface area contributed by atoms with Crippen LogP contribution in [0, 0.1) is 6.92 Å². The Balaban J connectivity index is 0.00000324. The van der Waals surface area contributed by atoms with E-state index in [1.54, 1.807) is 11.3 Å². The highest BCUT2D eigenvalue weighted by atomic mass is 127. The Morgan fingerprint density at radius 2 is 2.16 bits per heavy atom. The number of guanidine groups is 1. The van der Waals surface area contributed by atoms with Gasteiger partial charge in [-0.1, -0.05) is 13.3 Å². The second-order valence-corrected chi connectivity index (χ2v) is 5.47. The van der Waals surface area contributed by atoms with Crippen LogP contribution >= 0.6 is 35.3 Å². The van der Waals surface area contributed by atoms with Gasteiger partial charge in [-0.05, 0) is 20.3 Å². The van der Waals surface area contributed by atoms with Crippen LogP contribution in [0.3, 0.4) is 0 Å². The van der Waals surface area contributed by atoms with Crippen LogP contribution in [0.15, 0.2) is 11.2 Å². The molecule has 1 heterocycles. The third-order valence-corrected chi connectivity index (χ3v) is 3.40. The van der Waals surface area contributed by atoms with Gasteiger partial charge in [-0.3, -0.25) is 4.99 Å². The molecule has 1 rings (SSSR count). The highest BCUT2D eigenvalue weighted by molar-refractivity contribution is 14.0. The van der Waals surface area contributed by atoms with Gasteiger partial charge in [0.05, 0.1) is 5.01 Å². The number of nitrogens with one attached hydrogen (secondary N) is 2. The third kappa shape index (κ3) is 8.41. The first kappa shape index (κ1) is 18.6. The highest BCUT2D eigenvalue weighted by Crippen LogP contribution is 2.10. The van der Waals surface area contributed by atoms with Gasteiger partial charge in [0.1, 0.15) is 0 Å². The zero-order chi connectivity index (χ0) is 13.2. The van der Waals surface area contributed by atoms with Crippen molar-refractivity contribution in [3.63, 3.8) is 0 Å². The smallest absolute Gasteiger partial charge is 0.191 e. The molecule has 0 aliphatic rings. The van der Waals surface area contributed by atoms with Gasteiger partial charge < -0.3 is 10.6 Å². The van der Waals surface area contributed by atoms with E-state index < -0.39 is 0 Å². The number of thiazole rings is 1. The van der Waals surface area contributed by atoms with Crippen LogP contribution in [-0.4, -0.2) is 30.6 Å². The van der Waals surface area contributed by atoms with Gasteiger partial charge >= 0.3 is 0 Å². The summed E-state index contributed by atoms with van der Waals surface area (Å²) in [5.74, 6) is 0.916. The number of unbranched alkanes of at least 4 members (excludes halogenated alkanes) is 1. The number of aromatic nitrogens is 1. The molecule has 1 aromatic heterocycles. The van der Waals surface area contributed by atoms with E-state index in [0.717, 1.165) is 38.4 Å². The first-order valence-electron chi connectivity index (χ1n) is 6.69. The molecular weight excluding hydrogens is 371 g/mol. The standard InChI is InChI=1S/C13H24N4S.HI/c1-4-6-8-15-13(14-5-2)16-9-7-12-17-10-11(3)18-12;/h10H,4-9H2,1-3H3,(H2,14,15,16);1H. The van der Waals surface area contributed by atoms with Crippen LogP contribution in [0.1, 0.15) is 36.6 Å². The van der Waals surface area contributed by atoms with E-state index in [2.05, 4.69) is 41.4 Å². The molecule has 1 aromatic rings. The maximum Gasteiger partial charge on any atom is 0.191 e. The topological polar surface area (TPSA) is 49.3 Å². The first-order chi connectivity index (χ1) is 8.76. The normalized spacial score (nSPS) is 11.0. The van der Waals surface area contributed by atoms with Crippen LogP contribution in [0.2, 0.25) is 0 Å². The fraction of sp³-hybridized carbons (Fsp3) is 0.692. The molecule has 0 saturated heterocycles. The summed E-state index contributed by atoms with van der Waals surface area (Å²) in [6, 6.07) is 0. The maximum absolute atomic E-state index is 4.52. The van der Waals surface area contributed by atoms with E-state index in [1.807, 2.05) is 6.20 Å². The summed E-state index contributed by atoms with van der Waals surface area (Å²) in [6.07, 6.45) is 5.21. The van der Waals surface area contributed by atoms with Crippen molar-refractivity contribution in [1.29, 1.82) is 0 Å². The fourth-order valence-corrected chi connectivity index (χ4v) is 2.28. The fourth-order valence-electron chi connectivity index (χ4n) is 1.50. The van der Waals surface area contributed by atoms with E-state index in [4.69, 9.17) is 0 Å². The largest absolute Gasteiger partial charge is 0.357 e. The lowest BCUT2D eigenvalue weighted by Crippen LogP contribution is -2.38. The molecule has 0 atom stereocenters. The minimum absolute atomic E-state index is 0. The molecule has 0 aliphatic heterocycles. The molecule has 0 saturated carbocycles. The van der Waals surface area contributed by atoms with Crippen molar-refractivity contribution in [2.24, 2.45) is 4.99 Å². The summed E-state index contributed by atoms with van der Waals surface area (Å²) in [6.45, 7) is 9.02. The molecule has 6 heteroatoms. The van der Waals surface area contributed by atoms with Crippen LogP contribution in [-0.2, 0) is 6.42 Å². The highest BCUT2D eigenvalue weighted by Gasteiger charge is 2.00. The summed E-state index contributed by atoms with van der Waals surface area (Å²) in [5, 5.41) is 7.78. The zero-order valence-electron chi connectivity index (χ0n) is 12.0. The number of halogens is 1. The van der Waals surface area contributed by atoms with Crippen molar-refractivity contribution in [3.05, 3.63) is 16.1 Å². The molecule has 0 spiro atoms. The quantitative estimate of drug-likeness (QED) is 0.323. The average Bonchev–Trinajstić information content (AvgIpc) is 2.75. The molecule has 110 valence electrons. The molecule has 0 unspecified atom stereocenters. The number of nitrogens with zero attached hydrogens (tertiary/aromatic N) is 2. The summed E-state index contributed by atoms with van der Waals surface area (Å²) in [4.78, 5) is 10.1. The molecule has 19 heavy (non-hydrogen) atoms. The minimum atomic E-state index is 0. The van der Waals surface area contributed by atoms with E-state index in [0.29, 0.717) is 0 Å². The summed E-state index contributed by atoms with van der Waals surface area (Å²) in [7, 11) is 0.